The lowest BCUT2D eigenvalue weighted by Crippen LogP contribution is -2.61. The van der Waals surface area contributed by atoms with Crippen molar-refractivity contribution in [2.24, 2.45) is 0 Å². The van der Waals surface area contributed by atoms with E-state index in [1.807, 2.05) is 17.8 Å². The number of likely N-dealkylation sites (tertiary alicyclic amines) is 1. The lowest BCUT2D eigenvalue weighted by molar-refractivity contribution is -0.0999. The number of nitrogens with zero attached hydrogens (tertiary/aromatic N) is 1. The van der Waals surface area contributed by atoms with E-state index >= 15 is 0 Å². The minimum atomic E-state index is -0.383. The fourth-order valence-corrected chi connectivity index (χ4v) is 3.31. The molecule has 17 heavy (non-hydrogen) atoms. The topological polar surface area (TPSA) is 23.5 Å². The molecule has 0 atom stereocenters. The van der Waals surface area contributed by atoms with E-state index in [1.54, 1.807) is 0 Å². The highest BCUT2D eigenvalue weighted by atomic mass is 32.2. The van der Waals surface area contributed by atoms with Gasteiger partial charge < -0.3 is 5.11 Å². The van der Waals surface area contributed by atoms with E-state index in [4.69, 9.17) is 0 Å². The van der Waals surface area contributed by atoms with Crippen molar-refractivity contribution in [3.63, 3.8) is 0 Å². The van der Waals surface area contributed by atoms with Crippen molar-refractivity contribution in [3.05, 3.63) is 30.3 Å². The lowest BCUT2D eigenvalue weighted by atomic mass is 9.89. The van der Waals surface area contributed by atoms with Crippen molar-refractivity contribution >= 4 is 11.8 Å². The van der Waals surface area contributed by atoms with E-state index in [0.717, 1.165) is 38.2 Å². The standard InChI is InChI=1S/C14H21NOS/c1-2-8-14(16)11-15(12-14)9-10-17-13-6-4-3-5-7-13/h3-7,16H,2,8-12H2,1H3. The van der Waals surface area contributed by atoms with Gasteiger partial charge in [-0.3, -0.25) is 4.90 Å². The van der Waals surface area contributed by atoms with Gasteiger partial charge in [0.15, 0.2) is 0 Å². The third kappa shape index (κ3) is 3.73. The van der Waals surface area contributed by atoms with Gasteiger partial charge in [0, 0.05) is 30.3 Å². The molecule has 0 aromatic heterocycles. The van der Waals surface area contributed by atoms with Gasteiger partial charge in [0.25, 0.3) is 0 Å². The van der Waals surface area contributed by atoms with Crippen molar-refractivity contribution in [3.8, 4) is 0 Å². The number of rotatable bonds is 6. The van der Waals surface area contributed by atoms with Gasteiger partial charge in [0.1, 0.15) is 0 Å². The zero-order valence-electron chi connectivity index (χ0n) is 10.4. The molecule has 1 aromatic rings. The third-order valence-corrected chi connectivity index (χ3v) is 4.16. The summed E-state index contributed by atoms with van der Waals surface area (Å²) >= 11 is 1.89. The summed E-state index contributed by atoms with van der Waals surface area (Å²) in [6.07, 6.45) is 2.01. The molecule has 0 saturated carbocycles. The van der Waals surface area contributed by atoms with Gasteiger partial charge in [-0.2, -0.15) is 0 Å². The Morgan fingerprint density at radius 1 is 1.29 bits per heavy atom. The average molecular weight is 251 g/mol. The summed E-state index contributed by atoms with van der Waals surface area (Å²) in [5, 5.41) is 10.0. The SMILES string of the molecule is CCCC1(O)CN(CCSc2ccccc2)C1. The van der Waals surface area contributed by atoms with Crippen LogP contribution in [0.1, 0.15) is 19.8 Å². The van der Waals surface area contributed by atoms with Crippen molar-refractivity contribution in [1.29, 1.82) is 0 Å². The fourth-order valence-electron chi connectivity index (χ4n) is 2.38. The molecule has 0 bridgehead atoms. The summed E-state index contributed by atoms with van der Waals surface area (Å²) < 4.78 is 0. The first kappa shape index (κ1) is 12.9. The molecule has 3 heteroatoms. The maximum Gasteiger partial charge on any atom is 0.0900 e. The molecule has 0 spiro atoms. The van der Waals surface area contributed by atoms with Gasteiger partial charge in [0.05, 0.1) is 5.60 Å². The summed E-state index contributed by atoms with van der Waals surface area (Å²) in [5.74, 6) is 1.10. The van der Waals surface area contributed by atoms with Gasteiger partial charge in [-0.25, -0.2) is 0 Å². The van der Waals surface area contributed by atoms with E-state index in [0.29, 0.717) is 0 Å². The Kier molecular flexibility index (Phi) is 4.48. The highest BCUT2D eigenvalue weighted by molar-refractivity contribution is 7.99. The van der Waals surface area contributed by atoms with Crippen molar-refractivity contribution in [1.82, 2.24) is 4.90 Å². The van der Waals surface area contributed by atoms with Crippen LogP contribution in [0.15, 0.2) is 35.2 Å². The van der Waals surface area contributed by atoms with E-state index in [-0.39, 0.29) is 5.60 Å². The molecule has 94 valence electrons. The first-order valence-corrected chi connectivity index (χ1v) is 7.33. The fraction of sp³-hybridized carbons (Fsp3) is 0.571. The minimum Gasteiger partial charge on any atom is -0.387 e. The smallest absolute Gasteiger partial charge is 0.0900 e. The first-order chi connectivity index (χ1) is 8.22. The molecule has 1 heterocycles. The Labute approximate surface area is 108 Å². The van der Waals surface area contributed by atoms with Crippen LogP contribution in [0.25, 0.3) is 0 Å². The van der Waals surface area contributed by atoms with Gasteiger partial charge in [0.2, 0.25) is 0 Å². The molecule has 0 radical (unpaired) electrons. The molecule has 2 rings (SSSR count). The van der Waals surface area contributed by atoms with E-state index < -0.39 is 0 Å². The molecule has 0 unspecified atom stereocenters. The van der Waals surface area contributed by atoms with Crippen LogP contribution in [0, 0.1) is 0 Å². The molecule has 1 N–H and O–H groups in total. The lowest BCUT2D eigenvalue weighted by Gasteiger charge is -2.46. The number of hydrogen-bond donors (Lipinski definition) is 1. The largest absolute Gasteiger partial charge is 0.387 e. The second-order valence-corrected chi connectivity index (χ2v) is 6.01. The van der Waals surface area contributed by atoms with Gasteiger partial charge in [-0.05, 0) is 18.6 Å². The molecular formula is C14H21NOS. The number of hydrogen-bond acceptors (Lipinski definition) is 3. The Morgan fingerprint density at radius 3 is 2.65 bits per heavy atom. The number of thioether (sulfide) groups is 1. The molecule has 0 amide bonds. The van der Waals surface area contributed by atoms with Crippen LogP contribution in [-0.4, -0.2) is 41.0 Å². The maximum absolute atomic E-state index is 10.0. The second kappa shape index (κ2) is 5.89. The Morgan fingerprint density at radius 2 is 2.00 bits per heavy atom. The minimum absolute atomic E-state index is 0.383. The van der Waals surface area contributed by atoms with Crippen molar-refractivity contribution in [2.75, 3.05) is 25.4 Å². The Bertz CT molecular complexity index is 335. The van der Waals surface area contributed by atoms with Crippen molar-refractivity contribution < 1.29 is 5.11 Å². The summed E-state index contributed by atoms with van der Waals surface area (Å²) in [6.45, 7) is 4.92. The highest BCUT2D eigenvalue weighted by Gasteiger charge is 2.39. The van der Waals surface area contributed by atoms with Crippen LogP contribution in [0.5, 0.6) is 0 Å². The second-order valence-electron chi connectivity index (χ2n) is 4.85. The Hall–Kier alpha value is -0.510. The highest BCUT2D eigenvalue weighted by Crippen LogP contribution is 2.26. The molecule has 1 fully saturated rings. The molecule has 2 nitrogen and oxygen atoms in total. The number of β-amino-alcohol motifs (C(OH)–C–C–N with tert-alkyl or cyclic N) is 1. The summed E-state index contributed by atoms with van der Waals surface area (Å²) in [7, 11) is 0. The zero-order chi connectivity index (χ0) is 12.1. The normalized spacial score (nSPS) is 18.9. The number of benzene rings is 1. The predicted molar refractivity (Wildman–Crippen MR) is 73.5 cm³/mol. The molecule has 1 saturated heterocycles. The molecule has 0 aliphatic carbocycles. The molecule has 1 aromatic carbocycles. The van der Waals surface area contributed by atoms with Crippen LogP contribution in [0.3, 0.4) is 0 Å². The van der Waals surface area contributed by atoms with Crippen LogP contribution >= 0.6 is 11.8 Å². The monoisotopic (exact) mass is 251 g/mol. The van der Waals surface area contributed by atoms with E-state index in [9.17, 15) is 5.11 Å². The van der Waals surface area contributed by atoms with E-state index in [1.165, 1.54) is 4.90 Å². The van der Waals surface area contributed by atoms with Gasteiger partial charge >= 0.3 is 0 Å². The summed E-state index contributed by atoms with van der Waals surface area (Å²) in [6, 6.07) is 10.5. The van der Waals surface area contributed by atoms with Gasteiger partial charge in [-0.15, -0.1) is 11.8 Å². The van der Waals surface area contributed by atoms with Crippen LogP contribution in [-0.2, 0) is 0 Å². The van der Waals surface area contributed by atoms with Crippen LogP contribution < -0.4 is 0 Å². The zero-order valence-corrected chi connectivity index (χ0v) is 11.2. The third-order valence-electron chi connectivity index (χ3n) is 3.17. The Balaban J connectivity index is 1.62. The maximum atomic E-state index is 10.0. The molecule has 1 aliphatic rings. The predicted octanol–water partition coefficient (Wildman–Crippen LogP) is 2.63. The molecular weight excluding hydrogens is 230 g/mol. The number of aliphatic hydroxyl groups is 1. The summed E-state index contributed by atoms with van der Waals surface area (Å²) in [4.78, 5) is 3.67. The van der Waals surface area contributed by atoms with Crippen LogP contribution in [0.2, 0.25) is 0 Å². The summed E-state index contributed by atoms with van der Waals surface area (Å²) in [5.41, 5.74) is -0.383. The van der Waals surface area contributed by atoms with Crippen molar-refractivity contribution in [2.45, 2.75) is 30.3 Å². The molecule has 1 aliphatic heterocycles. The first-order valence-electron chi connectivity index (χ1n) is 6.34. The van der Waals surface area contributed by atoms with Gasteiger partial charge in [-0.1, -0.05) is 31.5 Å². The van der Waals surface area contributed by atoms with Crippen LogP contribution in [0.4, 0.5) is 0 Å². The quantitative estimate of drug-likeness (QED) is 0.786. The average Bonchev–Trinajstić information content (AvgIpc) is 2.28. The van der Waals surface area contributed by atoms with E-state index in [2.05, 4.69) is 36.1 Å².